The minimum absolute atomic E-state index is 0.274. The number of rotatable bonds is 4. The number of nitrogens with zero attached hydrogens (tertiary/aromatic N) is 4. The largest absolute Gasteiger partial charge is 0.439 e. The molecule has 5 nitrogen and oxygen atoms in total. The zero-order chi connectivity index (χ0) is 14.7. The maximum atomic E-state index is 5.76. The van der Waals surface area contributed by atoms with E-state index in [2.05, 4.69) is 28.9 Å². The summed E-state index contributed by atoms with van der Waals surface area (Å²) in [6.45, 7) is 4.11. The molecule has 0 fully saturated rings. The summed E-state index contributed by atoms with van der Waals surface area (Å²) in [5, 5.41) is 4.19. The Hall–Kier alpha value is -2.69. The number of benzene rings is 1. The van der Waals surface area contributed by atoms with E-state index < -0.39 is 0 Å². The molecule has 2 heterocycles. The Morgan fingerprint density at radius 3 is 2.52 bits per heavy atom. The van der Waals surface area contributed by atoms with Crippen molar-refractivity contribution in [2.45, 2.75) is 19.8 Å². The molecule has 0 atom stereocenters. The van der Waals surface area contributed by atoms with E-state index >= 15 is 0 Å². The van der Waals surface area contributed by atoms with E-state index in [0.717, 1.165) is 17.3 Å². The van der Waals surface area contributed by atoms with E-state index in [9.17, 15) is 0 Å². The van der Waals surface area contributed by atoms with Crippen LogP contribution in [0.15, 0.2) is 55.0 Å². The Kier molecular flexibility index (Phi) is 3.64. The Bertz CT molecular complexity index is 705. The molecule has 1 aromatic carbocycles. The van der Waals surface area contributed by atoms with Crippen LogP contribution in [0.2, 0.25) is 0 Å². The smallest absolute Gasteiger partial charge is 0.222 e. The first-order valence-corrected chi connectivity index (χ1v) is 6.83. The Morgan fingerprint density at radius 1 is 1.05 bits per heavy atom. The van der Waals surface area contributed by atoms with Crippen LogP contribution in [0.5, 0.6) is 11.6 Å². The summed E-state index contributed by atoms with van der Waals surface area (Å²) in [7, 11) is 0. The highest BCUT2D eigenvalue weighted by atomic mass is 16.5. The van der Waals surface area contributed by atoms with Crippen molar-refractivity contribution < 1.29 is 4.74 Å². The van der Waals surface area contributed by atoms with Gasteiger partial charge in [0.2, 0.25) is 5.88 Å². The van der Waals surface area contributed by atoms with Crippen molar-refractivity contribution in [2.24, 2.45) is 0 Å². The van der Waals surface area contributed by atoms with Gasteiger partial charge >= 0.3 is 0 Å². The normalized spacial score (nSPS) is 10.8. The van der Waals surface area contributed by atoms with Gasteiger partial charge in [0, 0.05) is 30.6 Å². The van der Waals surface area contributed by atoms with Gasteiger partial charge in [0.1, 0.15) is 11.6 Å². The number of ether oxygens (including phenoxy) is 1. The molecule has 5 heteroatoms. The summed E-state index contributed by atoms with van der Waals surface area (Å²) < 4.78 is 7.56. The molecule has 0 aliphatic heterocycles. The van der Waals surface area contributed by atoms with Crippen molar-refractivity contribution in [2.75, 3.05) is 0 Å². The molecule has 0 radical (unpaired) electrons. The maximum Gasteiger partial charge on any atom is 0.222 e. The number of hydrogen-bond donors (Lipinski definition) is 0. The van der Waals surface area contributed by atoms with Crippen molar-refractivity contribution in [3.05, 3.63) is 60.8 Å². The number of aromatic nitrogens is 4. The van der Waals surface area contributed by atoms with Crippen LogP contribution in [0.25, 0.3) is 5.69 Å². The summed E-state index contributed by atoms with van der Waals surface area (Å²) in [5.41, 5.74) is 0.984. The molecule has 3 aromatic rings. The third-order valence-electron chi connectivity index (χ3n) is 2.99. The quantitative estimate of drug-likeness (QED) is 0.733. The fourth-order valence-electron chi connectivity index (χ4n) is 1.90. The van der Waals surface area contributed by atoms with Gasteiger partial charge in [-0.3, -0.25) is 0 Å². The van der Waals surface area contributed by atoms with E-state index in [-0.39, 0.29) is 5.92 Å². The van der Waals surface area contributed by atoms with Crippen LogP contribution in [0.4, 0.5) is 0 Å². The summed E-state index contributed by atoms with van der Waals surface area (Å²) in [6, 6.07) is 11.3. The third-order valence-corrected chi connectivity index (χ3v) is 2.99. The first-order valence-electron chi connectivity index (χ1n) is 6.83. The minimum atomic E-state index is 0.274. The topological polar surface area (TPSA) is 52.8 Å². The Labute approximate surface area is 123 Å². The lowest BCUT2D eigenvalue weighted by molar-refractivity contribution is 0.456. The molecule has 0 saturated carbocycles. The molecule has 0 unspecified atom stereocenters. The first kappa shape index (κ1) is 13.3. The van der Waals surface area contributed by atoms with Crippen molar-refractivity contribution in [1.29, 1.82) is 0 Å². The van der Waals surface area contributed by atoms with E-state index in [0.29, 0.717) is 5.88 Å². The van der Waals surface area contributed by atoms with Gasteiger partial charge in [-0.25, -0.2) is 9.67 Å². The van der Waals surface area contributed by atoms with Crippen molar-refractivity contribution >= 4 is 0 Å². The molecule has 0 saturated heterocycles. The van der Waals surface area contributed by atoms with Crippen LogP contribution in [0, 0.1) is 0 Å². The predicted octanol–water partition coefficient (Wildman–Crippen LogP) is 3.58. The van der Waals surface area contributed by atoms with Gasteiger partial charge < -0.3 is 4.74 Å². The molecule has 0 spiro atoms. The molecule has 0 aliphatic carbocycles. The molecular weight excluding hydrogens is 264 g/mol. The van der Waals surface area contributed by atoms with E-state index in [4.69, 9.17) is 4.74 Å². The average Bonchev–Trinajstić information content (AvgIpc) is 3.02. The van der Waals surface area contributed by atoms with Crippen LogP contribution in [-0.4, -0.2) is 19.7 Å². The highest BCUT2D eigenvalue weighted by Crippen LogP contribution is 2.21. The van der Waals surface area contributed by atoms with Crippen LogP contribution in [-0.2, 0) is 0 Å². The Balaban J connectivity index is 1.78. The summed E-state index contributed by atoms with van der Waals surface area (Å²) in [5.74, 6) is 2.34. The van der Waals surface area contributed by atoms with Crippen LogP contribution < -0.4 is 4.74 Å². The second kappa shape index (κ2) is 5.75. The molecule has 21 heavy (non-hydrogen) atoms. The zero-order valence-corrected chi connectivity index (χ0v) is 12.0. The minimum Gasteiger partial charge on any atom is -0.439 e. The molecule has 3 rings (SSSR count). The SMILES string of the molecule is CC(C)c1nccc(Oc2ccc(-n3cccn3)cc2)n1. The maximum absolute atomic E-state index is 5.76. The molecule has 0 amide bonds. The molecular formula is C16H16N4O. The second-order valence-corrected chi connectivity index (χ2v) is 4.95. The Morgan fingerprint density at radius 2 is 1.86 bits per heavy atom. The fraction of sp³-hybridized carbons (Fsp3) is 0.188. The van der Waals surface area contributed by atoms with E-state index in [1.165, 1.54) is 0 Å². The summed E-state index contributed by atoms with van der Waals surface area (Å²) in [6.07, 6.45) is 5.36. The third kappa shape index (κ3) is 3.08. The van der Waals surface area contributed by atoms with Crippen LogP contribution in [0.3, 0.4) is 0 Å². The predicted molar refractivity (Wildman–Crippen MR) is 79.8 cm³/mol. The van der Waals surface area contributed by atoms with Gasteiger partial charge in [0.15, 0.2) is 0 Å². The standard InChI is InChI=1S/C16H16N4O/c1-12(2)16-17-10-8-15(19-16)21-14-6-4-13(5-7-14)20-11-3-9-18-20/h3-12H,1-2H3. The summed E-state index contributed by atoms with van der Waals surface area (Å²) in [4.78, 5) is 8.61. The van der Waals surface area contributed by atoms with Crippen LogP contribution >= 0.6 is 0 Å². The molecule has 0 bridgehead atoms. The van der Waals surface area contributed by atoms with E-state index in [1.54, 1.807) is 23.1 Å². The van der Waals surface area contributed by atoms with Crippen molar-refractivity contribution in [1.82, 2.24) is 19.7 Å². The molecule has 106 valence electrons. The van der Waals surface area contributed by atoms with Crippen molar-refractivity contribution in [3.8, 4) is 17.3 Å². The van der Waals surface area contributed by atoms with Gasteiger partial charge in [0.05, 0.1) is 5.69 Å². The van der Waals surface area contributed by atoms with Gasteiger partial charge in [0.25, 0.3) is 0 Å². The molecule has 0 aliphatic rings. The lowest BCUT2D eigenvalue weighted by atomic mass is 10.2. The second-order valence-electron chi connectivity index (χ2n) is 4.95. The zero-order valence-electron chi connectivity index (χ0n) is 12.0. The first-order chi connectivity index (χ1) is 10.2. The number of hydrogen-bond acceptors (Lipinski definition) is 4. The van der Waals surface area contributed by atoms with E-state index in [1.807, 2.05) is 36.5 Å². The van der Waals surface area contributed by atoms with Gasteiger partial charge in [-0.05, 0) is 30.3 Å². The monoisotopic (exact) mass is 280 g/mol. The van der Waals surface area contributed by atoms with Gasteiger partial charge in [-0.1, -0.05) is 13.8 Å². The average molecular weight is 280 g/mol. The van der Waals surface area contributed by atoms with Gasteiger partial charge in [-0.15, -0.1) is 0 Å². The fourth-order valence-corrected chi connectivity index (χ4v) is 1.90. The van der Waals surface area contributed by atoms with Crippen molar-refractivity contribution in [3.63, 3.8) is 0 Å². The van der Waals surface area contributed by atoms with Crippen LogP contribution in [0.1, 0.15) is 25.6 Å². The van der Waals surface area contributed by atoms with Gasteiger partial charge in [-0.2, -0.15) is 10.1 Å². The molecule has 2 aromatic heterocycles. The summed E-state index contributed by atoms with van der Waals surface area (Å²) >= 11 is 0. The lowest BCUT2D eigenvalue weighted by Gasteiger charge is -2.08. The molecule has 0 N–H and O–H groups in total. The lowest BCUT2D eigenvalue weighted by Crippen LogP contribution is -1.98. The highest BCUT2D eigenvalue weighted by molar-refractivity contribution is 5.37. The highest BCUT2D eigenvalue weighted by Gasteiger charge is 2.05.